The number of rotatable bonds is 11. The fourth-order valence-electron chi connectivity index (χ4n) is 1.34. The van der Waals surface area contributed by atoms with E-state index in [0.717, 1.165) is 45.4 Å². The average molecular weight is 217 g/mol. The molecule has 0 radical (unpaired) electrons. The van der Waals surface area contributed by atoms with Crippen LogP contribution in [0.1, 0.15) is 46.0 Å². The normalized spacial score (nSPS) is 11.2. The van der Waals surface area contributed by atoms with Crippen LogP contribution in [0.5, 0.6) is 0 Å². The van der Waals surface area contributed by atoms with Gasteiger partial charge < -0.3 is 15.2 Å². The van der Waals surface area contributed by atoms with Crippen LogP contribution in [0.2, 0.25) is 0 Å². The van der Waals surface area contributed by atoms with Crippen molar-refractivity contribution < 1.29 is 9.84 Å². The van der Waals surface area contributed by atoms with E-state index in [-0.39, 0.29) is 0 Å². The van der Waals surface area contributed by atoms with Crippen molar-refractivity contribution in [1.82, 2.24) is 5.32 Å². The predicted octanol–water partition coefficient (Wildman–Crippen LogP) is 1.94. The predicted molar refractivity (Wildman–Crippen MR) is 64.1 cm³/mol. The molecule has 0 amide bonds. The highest BCUT2D eigenvalue weighted by Gasteiger charge is 1.93. The Morgan fingerprint density at radius 3 is 2.33 bits per heavy atom. The van der Waals surface area contributed by atoms with Crippen LogP contribution in [0.4, 0.5) is 0 Å². The van der Waals surface area contributed by atoms with Gasteiger partial charge in [-0.1, -0.05) is 26.7 Å². The second-order valence-electron chi connectivity index (χ2n) is 4.21. The van der Waals surface area contributed by atoms with E-state index >= 15 is 0 Å². The molecule has 0 spiro atoms. The molecule has 0 aromatic carbocycles. The minimum atomic E-state index is 0.321. The van der Waals surface area contributed by atoms with Gasteiger partial charge in [0.05, 0.1) is 0 Å². The lowest BCUT2D eigenvalue weighted by Gasteiger charge is -2.08. The first-order valence-corrected chi connectivity index (χ1v) is 6.19. The first-order chi connectivity index (χ1) is 7.27. The first kappa shape index (κ1) is 14.9. The molecule has 0 aliphatic heterocycles. The fraction of sp³-hybridized carbons (Fsp3) is 1.00. The van der Waals surface area contributed by atoms with E-state index in [1.165, 1.54) is 6.42 Å². The number of unbranched alkanes of at least 4 members (excludes halogenated alkanes) is 3. The molecule has 0 heterocycles. The lowest BCUT2D eigenvalue weighted by Crippen LogP contribution is -2.24. The molecule has 2 N–H and O–H groups in total. The van der Waals surface area contributed by atoms with Gasteiger partial charge in [-0.3, -0.25) is 0 Å². The molecule has 0 fully saturated rings. The number of hydrogen-bond acceptors (Lipinski definition) is 3. The van der Waals surface area contributed by atoms with Crippen molar-refractivity contribution >= 4 is 0 Å². The first-order valence-electron chi connectivity index (χ1n) is 6.19. The van der Waals surface area contributed by atoms with E-state index in [9.17, 15) is 0 Å². The highest BCUT2D eigenvalue weighted by molar-refractivity contribution is 4.51. The molecule has 0 saturated carbocycles. The van der Waals surface area contributed by atoms with Crippen LogP contribution in [0, 0.1) is 0 Å². The smallest absolute Gasteiger partial charge is 0.0478 e. The van der Waals surface area contributed by atoms with E-state index < -0.39 is 0 Å². The maximum Gasteiger partial charge on any atom is 0.0478 e. The standard InChI is InChI=1S/C12H27NO2/c1-12(2)13-8-7-11-15-10-6-4-3-5-9-14/h12-14H,3-11H2,1-2H3. The van der Waals surface area contributed by atoms with Gasteiger partial charge in [0, 0.05) is 25.9 Å². The highest BCUT2D eigenvalue weighted by Crippen LogP contribution is 1.99. The van der Waals surface area contributed by atoms with E-state index in [0.29, 0.717) is 12.6 Å². The number of nitrogens with one attached hydrogen (secondary N) is 1. The number of hydrogen-bond donors (Lipinski definition) is 2. The highest BCUT2D eigenvalue weighted by atomic mass is 16.5. The Bertz CT molecular complexity index is 118. The van der Waals surface area contributed by atoms with E-state index in [2.05, 4.69) is 19.2 Å². The van der Waals surface area contributed by atoms with Crippen molar-refractivity contribution in [3.05, 3.63) is 0 Å². The topological polar surface area (TPSA) is 41.5 Å². The largest absolute Gasteiger partial charge is 0.396 e. The molecule has 0 unspecified atom stereocenters. The SMILES string of the molecule is CC(C)NCCCOCCCCCCO. The molecule has 0 saturated heterocycles. The van der Waals surface area contributed by atoms with E-state index in [1.807, 2.05) is 0 Å². The van der Waals surface area contributed by atoms with Crippen LogP contribution in [0.3, 0.4) is 0 Å². The average Bonchev–Trinajstić information content (AvgIpc) is 2.20. The number of ether oxygens (including phenoxy) is 1. The maximum atomic E-state index is 8.57. The van der Waals surface area contributed by atoms with Crippen molar-refractivity contribution in [1.29, 1.82) is 0 Å². The lowest BCUT2D eigenvalue weighted by atomic mass is 10.2. The minimum absolute atomic E-state index is 0.321. The van der Waals surface area contributed by atoms with Gasteiger partial charge >= 0.3 is 0 Å². The quantitative estimate of drug-likeness (QED) is 0.520. The molecule has 0 atom stereocenters. The van der Waals surface area contributed by atoms with Gasteiger partial charge in [-0.15, -0.1) is 0 Å². The summed E-state index contributed by atoms with van der Waals surface area (Å²) in [6.07, 6.45) is 5.43. The Morgan fingerprint density at radius 2 is 1.67 bits per heavy atom. The lowest BCUT2D eigenvalue weighted by molar-refractivity contribution is 0.126. The van der Waals surface area contributed by atoms with E-state index in [4.69, 9.17) is 9.84 Å². The molecule has 0 aromatic heterocycles. The summed E-state index contributed by atoms with van der Waals surface area (Å²) in [5, 5.41) is 11.9. The molecule has 92 valence electrons. The molecule has 3 nitrogen and oxygen atoms in total. The second kappa shape index (κ2) is 12.0. The zero-order valence-corrected chi connectivity index (χ0v) is 10.3. The molecular formula is C12H27NO2. The summed E-state index contributed by atoms with van der Waals surface area (Å²) >= 11 is 0. The number of aliphatic hydroxyl groups excluding tert-OH is 1. The second-order valence-corrected chi connectivity index (χ2v) is 4.21. The van der Waals surface area contributed by atoms with Crippen LogP contribution in [-0.2, 0) is 4.74 Å². The van der Waals surface area contributed by atoms with Gasteiger partial charge in [0.25, 0.3) is 0 Å². The Kier molecular flexibility index (Phi) is 11.9. The minimum Gasteiger partial charge on any atom is -0.396 e. The summed E-state index contributed by atoms with van der Waals surface area (Å²) in [6.45, 7) is 7.40. The van der Waals surface area contributed by atoms with Crippen LogP contribution in [0.15, 0.2) is 0 Å². The molecule has 0 bridgehead atoms. The Morgan fingerprint density at radius 1 is 1.00 bits per heavy atom. The monoisotopic (exact) mass is 217 g/mol. The zero-order valence-electron chi connectivity index (χ0n) is 10.3. The molecule has 3 heteroatoms. The number of aliphatic hydroxyl groups is 1. The third kappa shape index (κ3) is 13.9. The van der Waals surface area contributed by atoms with Gasteiger partial charge in [-0.05, 0) is 25.8 Å². The molecule has 0 aliphatic rings. The maximum absolute atomic E-state index is 8.57. The van der Waals surface area contributed by atoms with Gasteiger partial charge in [0.2, 0.25) is 0 Å². The van der Waals surface area contributed by atoms with Crippen molar-refractivity contribution in [2.24, 2.45) is 0 Å². The van der Waals surface area contributed by atoms with Gasteiger partial charge in [-0.2, -0.15) is 0 Å². The summed E-state index contributed by atoms with van der Waals surface area (Å²) in [5.41, 5.74) is 0. The van der Waals surface area contributed by atoms with E-state index in [1.54, 1.807) is 0 Å². The van der Waals surface area contributed by atoms with Crippen LogP contribution in [0.25, 0.3) is 0 Å². The summed E-state index contributed by atoms with van der Waals surface area (Å²) < 4.78 is 5.49. The third-order valence-electron chi connectivity index (χ3n) is 2.21. The zero-order chi connectivity index (χ0) is 11.4. The Balaban J connectivity index is 2.87. The summed E-state index contributed by atoms with van der Waals surface area (Å²) in [4.78, 5) is 0. The van der Waals surface area contributed by atoms with Crippen molar-refractivity contribution in [3.63, 3.8) is 0 Å². The van der Waals surface area contributed by atoms with Gasteiger partial charge in [0.1, 0.15) is 0 Å². The Hall–Kier alpha value is -0.120. The third-order valence-corrected chi connectivity index (χ3v) is 2.21. The Labute approximate surface area is 94.2 Å². The molecular weight excluding hydrogens is 190 g/mol. The molecule has 0 rings (SSSR count). The fourth-order valence-corrected chi connectivity index (χ4v) is 1.34. The van der Waals surface area contributed by atoms with Crippen LogP contribution in [-0.4, -0.2) is 37.5 Å². The van der Waals surface area contributed by atoms with Crippen LogP contribution < -0.4 is 5.32 Å². The van der Waals surface area contributed by atoms with Crippen molar-refractivity contribution in [2.45, 2.75) is 52.0 Å². The molecule has 0 aromatic rings. The summed E-state index contributed by atoms with van der Waals surface area (Å²) in [5.74, 6) is 0. The molecule has 15 heavy (non-hydrogen) atoms. The summed E-state index contributed by atoms with van der Waals surface area (Å²) in [6, 6.07) is 0.573. The van der Waals surface area contributed by atoms with Gasteiger partial charge in [0.15, 0.2) is 0 Å². The molecule has 0 aliphatic carbocycles. The van der Waals surface area contributed by atoms with Crippen molar-refractivity contribution in [2.75, 3.05) is 26.4 Å². The summed E-state index contributed by atoms with van der Waals surface area (Å²) in [7, 11) is 0. The van der Waals surface area contributed by atoms with Gasteiger partial charge in [-0.25, -0.2) is 0 Å². The van der Waals surface area contributed by atoms with Crippen molar-refractivity contribution in [3.8, 4) is 0 Å². The van der Waals surface area contributed by atoms with Crippen LogP contribution >= 0.6 is 0 Å².